The first-order valence-electron chi connectivity index (χ1n) is 8.22. The van der Waals surface area contributed by atoms with Crippen LogP contribution in [0.2, 0.25) is 0 Å². The van der Waals surface area contributed by atoms with Crippen molar-refractivity contribution in [3.8, 4) is 0 Å². The SMILES string of the molecule is O=[N+]([O-])c1ccc(N=Cc2ccc(N3CCN(C([S-])[S-])CC3)cc2)cc1.[Au]. The third-order valence-corrected chi connectivity index (χ3v) is 4.89. The normalized spacial score (nSPS) is 15.1. The average Bonchev–Trinajstić information content (AvgIpc) is 2.67. The van der Waals surface area contributed by atoms with Crippen molar-refractivity contribution >= 4 is 48.5 Å². The summed E-state index contributed by atoms with van der Waals surface area (Å²) in [6, 6.07) is 14.3. The molecule has 0 N–H and O–H groups in total. The van der Waals surface area contributed by atoms with E-state index in [-0.39, 0.29) is 32.8 Å². The molecule has 27 heavy (non-hydrogen) atoms. The second kappa shape index (κ2) is 10.3. The molecule has 3 rings (SSSR count). The van der Waals surface area contributed by atoms with Crippen molar-refractivity contribution in [2.45, 2.75) is 4.71 Å². The molecule has 6 nitrogen and oxygen atoms in total. The number of benzene rings is 2. The maximum atomic E-state index is 10.7. The fourth-order valence-electron chi connectivity index (χ4n) is 2.77. The molecular formula is C18H18AuN4O2S2-2. The molecule has 0 saturated carbocycles. The van der Waals surface area contributed by atoms with Crippen LogP contribution in [0.15, 0.2) is 53.5 Å². The minimum absolute atomic E-state index is 0. The number of hydrogen-bond donors (Lipinski definition) is 0. The fourth-order valence-corrected chi connectivity index (χ4v) is 3.19. The average molecular weight is 583 g/mol. The summed E-state index contributed by atoms with van der Waals surface area (Å²) >= 11 is 10.3. The molecule has 1 fully saturated rings. The quantitative estimate of drug-likeness (QED) is 0.178. The minimum atomic E-state index is -0.421. The number of aliphatic imine (C=N–C) groups is 1. The van der Waals surface area contributed by atoms with Crippen LogP contribution in [-0.2, 0) is 47.6 Å². The van der Waals surface area contributed by atoms with Gasteiger partial charge in [-0.1, -0.05) is 12.1 Å². The Kier molecular flexibility index (Phi) is 8.40. The van der Waals surface area contributed by atoms with Gasteiger partial charge in [0, 0.05) is 72.6 Å². The third-order valence-electron chi connectivity index (χ3n) is 4.29. The van der Waals surface area contributed by atoms with Crippen LogP contribution in [0.3, 0.4) is 0 Å². The van der Waals surface area contributed by atoms with Gasteiger partial charge >= 0.3 is 0 Å². The fraction of sp³-hybridized carbons (Fsp3) is 0.278. The summed E-state index contributed by atoms with van der Waals surface area (Å²) in [4.78, 5) is 19.0. The summed E-state index contributed by atoms with van der Waals surface area (Å²) in [6.45, 7) is 3.61. The van der Waals surface area contributed by atoms with Gasteiger partial charge in [-0.2, -0.15) is 0 Å². The van der Waals surface area contributed by atoms with Gasteiger partial charge in [-0.05, 0) is 29.8 Å². The molecular weight excluding hydrogens is 565 g/mol. The van der Waals surface area contributed by atoms with Crippen LogP contribution in [0.4, 0.5) is 17.1 Å². The van der Waals surface area contributed by atoms with Crippen LogP contribution in [0.25, 0.3) is 0 Å². The minimum Gasteiger partial charge on any atom is -0.800 e. The monoisotopic (exact) mass is 583 g/mol. The second-order valence-corrected chi connectivity index (χ2v) is 7.14. The number of nitro benzene ring substituents is 1. The van der Waals surface area contributed by atoms with Crippen molar-refractivity contribution in [3.05, 3.63) is 64.2 Å². The van der Waals surface area contributed by atoms with Gasteiger partial charge in [0.05, 0.1) is 10.6 Å². The van der Waals surface area contributed by atoms with Gasteiger partial charge < -0.3 is 35.1 Å². The molecule has 1 saturated heterocycles. The Morgan fingerprint density at radius 3 is 2.11 bits per heavy atom. The summed E-state index contributed by atoms with van der Waals surface area (Å²) in [5, 5.41) is 10.7. The maximum absolute atomic E-state index is 10.7. The van der Waals surface area contributed by atoms with E-state index in [9.17, 15) is 10.1 Å². The van der Waals surface area contributed by atoms with E-state index in [4.69, 9.17) is 25.3 Å². The van der Waals surface area contributed by atoms with Crippen LogP contribution >= 0.6 is 0 Å². The molecule has 147 valence electrons. The first-order chi connectivity index (χ1) is 12.5. The number of nitrogens with zero attached hydrogens (tertiary/aromatic N) is 4. The van der Waals surface area contributed by atoms with Gasteiger partial charge in [0.1, 0.15) is 0 Å². The van der Waals surface area contributed by atoms with Gasteiger partial charge in [0.2, 0.25) is 0 Å². The van der Waals surface area contributed by atoms with Crippen LogP contribution in [0.1, 0.15) is 5.56 Å². The molecule has 0 amide bonds. The van der Waals surface area contributed by atoms with Crippen LogP contribution < -0.4 is 4.90 Å². The Morgan fingerprint density at radius 1 is 1.00 bits per heavy atom. The van der Waals surface area contributed by atoms with Crippen molar-refractivity contribution in [2.24, 2.45) is 4.99 Å². The Labute approximate surface area is 185 Å². The molecule has 0 aromatic heterocycles. The number of piperazine rings is 1. The van der Waals surface area contributed by atoms with E-state index in [1.807, 2.05) is 12.1 Å². The molecule has 0 aliphatic carbocycles. The van der Waals surface area contributed by atoms with E-state index >= 15 is 0 Å². The molecule has 0 atom stereocenters. The Balaban J connectivity index is 0.00000261. The maximum Gasteiger partial charge on any atom is 0.269 e. The predicted molar refractivity (Wildman–Crippen MR) is 109 cm³/mol. The molecule has 2 aromatic rings. The molecule has 0 bridgehead atoms. The molecule has 0 spiro atoms. The van der Waals surface area contributed by atoms with Crippen molar-refractivity contribution in [3.63, 3.8) is 0 Å². The number of hydrogen-bond acceptors (Lipinski definition) is 7. The van der Waals surface area contributed by atoms with Gasteiger partial charge in [-0.15, -0.1) is 0 Å². The summed E-state index contributed by atoms with van der Waals surface area (Å²) in [5.74, 6) is 0. The standard InChI is InChI=1S/C18H20N4O2S2.Au/c23-22(24)17-7-3-15(4-8-17)19-13-14-1-5-16(6-2-14)20-9-11-21(12-10-20)18(25)26;/h1-8,13,18,25-26H,9-12H2;/p-2. The number of rotatable bonds is 5. The smallest absolute Gasteiger partial charge is 0.269 e. The van der Waals surface area contributed by atoms with Crippen molar-refractivity contribution in [1.29, 1.82) is 0 Å². The Morgan fingerprint density at radius 2 is 1.59 bits per heavy atom. The summed E-state index contributed by atoms with van der Waals surface area (Å²) in [7, 11) is 0. The van der Waals surface area contributed by atoms with Gasteiger partial charge in [0.25, 0.3) is 5.69 Å². The molecule has 9 heteroatoms. The molecule has 2 aromatic carbocycles. The van der Waals surface area contributed by atoms with Crippen LogP contribution in [-0.4, -0.2) is 46.9 Å². The summed E-state index contributed by atoms with van der Waals surface area (Å²) < 4.78 is -0.227. The van der Waals surface area contributed by atoms with Gasteiger partial charge in [-0.25, -0.2) is 4.71 Å². The van der Waals surface area contributed by atoms with Crippen LogP contribution in [0.5, 0.6) is 0 Å². The molecule has 1 aliphatic heterocycles. The predicted octanol–water partition coefficient (Wildman–Crippen LogP) is 2.84. The van der Waals surface area contributed by atoms with Gasteiger partial charge in [0.15, 0.2) is 0 Å². The third kappa shape index (κ3) is 6.10. The number of nitro groups is 1. The zero-order valence-electron chi connectivity index (χ0n) is 14.3. The largest absolute Gasteiger partial charge is 0.800 e. The zero-order chi connectivity index (χ0) is 18.5. The van der Waals surface area contributed by atoms with Gasteiger partial charge in [-0.3, -0.25) is 15.1 Å². The van der Waals surface area contributed by atoms with Crippen molar-refractivity contribution in [2.75, 3.05) is 31.1 Å². The molecule has 1 heterocycles. The van der Waals surface area contributed by atoms with E-state index in [0.717, 1.165) is 31.7 Å². The zero-order valence-corrected chi connectivity index (χ0v) is 18.1. The first kappa shape index (κ1) is 22.0. The van der Waals surface area contributed by atoms with Crippen LogP contribution in [0, 0.1) is 10.1 Å². The molecule has 1 aliphatic rings. The molecule has 0 unspecified atom stereocenters. The van der Waals surface area contributed by atoms with E-state index < -0.39 is 4.92 Å². The van der Waals surface area contributed by atoms with E-state index in [1.54, 1.807) is 18.3 Å². The first-order valence-corrected chi connectivity index (χ1v) is 9.16. The van der Waals surface area contributed by atoms with E-state index in [1.165, 1.54) is 17.8 Å². The Bertz CT molecular complexity index is 777. The summed E-state index contributed by atoms with van der Waals surface area (Å²) in [6.07, 6.45) is 1.75. The second-order valence-electron chi connectivity index (χ2n) is 5.95. The topological polar surface area (TPSA) is 62.0 Å². The Hall–Kier alpha value is -1.29. The summed E-state index contributed by atoms with van der Waals surface area (Å²) in [5.41, 5.74) is 2.88. The van der Waals surface area contributed by atoms with E-state index in [2.05, 4.69) is 26.9 Å². The van der Waals surface area contributed by atoms with E-state index in [0.29, 0.717) is 5.69 Å². The van der Waals surface area contributed by atoms with Crippen molar-refractivity contribution in [1.82, 2.24) is 4.90 Å². The number of non-ortho nitro benzene ring substituents is 1. The molecule has 1 radical (unpaired) electrons. The van der Waals surface area contributed by atoms with Crippen molar-refractivity contribution < 1.29 is 27.3 Å². The number of anilines is 1.